The van der Waals surface area contributed by atoms with Crippen LogP contribution in [0.3, 0.4) is 0 Å². The first kappa shape index (κ1) is 12.2. The minimum atomic E-state index is -0.434. The van der Waals surface area contributed by atoms with Crippen LogP contribution in [0.5, 0.6) is 0 Å². The fraction of sp³-hybridized carbons (Fsp3) is 0.600. The van der Waals surface area contributed by atoms with Gasteiger partial charge in [-0.3, -0.25) is 0 Å². The van der Waals surface area contributed by atoms with E-state index in [4.69, 9.17) is 5.73 Å². The average Bonchev–Trinajstić information content (AvgIpc) is 2.52. The standard InChI is InChI=1S/C10H16BrNOS/c1-6(2)7(5-12)10(13)8-3-4-9(11)14-8/h3-4,6-7,10,13H,5,12H2,1-2H3. The second kappa shape index (κ2) is 5.26. The Labute approximate surface area is 97.3 Å². The van der Waals surface area contributed by atoms with Crippen LogP contribution in [0.25, 0.3) is 0 Å². The summed E-state index contributed by atoms with van der Waals surface area (Å²) in [5.41, 5.74) is 5.65. The second-order valence-corrected chi connectivity index (χ2v) is 6.22. The molecular formula is C10H16BrNOS. The lowest BCUT2D eigenvalue weighted by atomic mass is 9.89. The van der Waals surface area contributed by atoms with Gasteiger partial charge in [0, 0.05) is 10.8 Å². The third-order valence-corrected chi connectivity index (χ3v) is 4.11. The molecule has 0 aliphatic rings. The van der Waals surface area contributed by atoms with Crippen LogP contribution in [-0.4, -0.2) is 11.7 Å². The number of hydrogen-bond acceptors (Lipinski definition) is 3. The van der Waals surface area contributed by atoms with Gasteiger partial charge in [0.15, 0.2) is 0 Å². The van der Waals surface area contributed by atoms with Crippen molar-refractivity contribution in [2.45, 2.75) is 20.0 Å². The predicted molar refractivity (Wildman–Crippen MR) is 64.4 cm³/mol. The predicted octanol–water partition coefficient (Wildman–Crippen LogP) is 2.77. The number of nitrogens with two attached hydrogens (primary N) is 1. The lowest BCUT2D eigenvalue weighted by Crippen LogP contribution is -2.26. The third kappa shape index (κ3) is 2.79. The molecule has 0 aliphatic heterocycles. The van der Waals surface area contributed by atoms with Gasteiger partial charge in [-0.05, 0) is 40.5 Å². The summed E-state index contributed by atoms with van der Waals surface area (Å²) in [4.78, 5) is 0.987. The number of thiophene rings is 1. The normalized spacial score (nSPS) is 15.9. The Kier molecular flexibility index (Phi) is 4.57. The number of hydrogen-bond donors (Lipinski definition) is 2. The second-order valence-electron chi connectivity index (χ2n) is 3.73. The van der Waals surface area contributed by atoms with Gasteiger partial charge < -0.3 is 10.8 Å². The Hall–Kier alpha value is 0.1000. The van der Waals surface area contributed by atoms with E-state index in [-0.39, 0.29) is 5.92 Å². The summed E-state index contributed by atoms with van der Waals surface area (Å²) in [6.45, 7) is 4.70. The molecule has 14 heavy (non-hydrogen) atoms. The summed E-state index contributed by atoms with van der Waals surface area (Å²) in [5.74, 6) is 0.538. The molecule has 1 rings (SSSR count). The van der Waals surface area contributed by atoms with Gasteiger partial charge in [-0.25, -0.2) is 0 Å². The van der Waals surface area contributed by atoms with E-state index in [0.717, 1.165) is 8.66 Å². The van der Waals surface area contributed by atoms with Gasteiger partial charge in [-0.15, -0.1) is 11.3 Å². The molecule has 2 unspecified atom stereocenters. The van der Waals surface area contributed by atoms with Crippen molar-refractivity contribution in [1.29, 1.82) is 0 Å². The number of aliphatic hydroxyl groups is 1. The molecule has 3 N–H and O–H groups in total. The zero-order valence-electron chi connectivity index (χ0n) is 8.40. The van der Waals surface area contributed by atoms with Gasteiger partial charge >= 0.3 is 0 Å². The van der Waals surface area contributed by atoms with Crippen LogP contribution in [0, 0.1) is 11.8 Å². The Balaban J connectivity index is 2.77. The summed E-state index contributed by atoms with van der Waals surface area (Å²) in [6, 6.07) is 3.90. The zero-order chi connectivity index (χ0) is 10.7. The SMILES string of the molecule is CC(C)C(CN)C(O)c1ccc(Br)s1. The minimum Gasteiger partial charge on any atom is -0.387 e. The Morgan fingerprint density at radius 2 is 2.14 bits per heavy atom. The van der Waals surface area contributed by atoms with Gasteiger partial charge in [0.1, 0.15) is 0 Å². The summed E-state index contributed by atoms with van der Waals surface area (Å²) in [5, 5.41) is 10.1. The summed E-state index contributed by atoms with van der Waals surface area (Å²) >= 11 is 4.95. The minimum absolute atomic E-state index is 0.139. The van der Waals surface area contributed by atoms with Crippen LogP contribution >= 0.6 is 27.3 Å². The fourth-order valence-corrected chi connectivity index (χ4v) is 2.95. The van der Waals surface area contributed by atoms with Crippen LogP contribution in [0.2, 0.25) is 0 Å². The van der Waals surface area contributed by atoms with Crippen molar-refractivity contribution in [2.75, 3.05) is 6.54 Å². The molecule has 2 nitrogen and oxygen atoms in total. The van der Waals surface area contributed by atoms with E-state index in [1.165, 1.54) is 0 Å². The average molecular weight is 278 g/mol. The summed E-state index contributed by atoms with van der Waals surface area (Å²) < 4.78 is 1.05. The monoisotopic (exact) mass is 277 g/mol. The van der Waals surface area contributed by atoms with Gasteiger partial charge in [0.2, 0.25) is 0 Å². The van der Waals surface area contributed by atoms with E-state index in [1.54, 1.807) is 11.3 Å². The van der Waals surface area contributed by atoms with Gasteiger partial charge in [0.05, 0.1) is 9.89 Å². The topological polar surface area (TPSA) is 46.2 Å². The molecule has 4 heteroatoms. The van der Waals surface area contributed by atoms with Crippen molar-refractivity contribution in [3.63, 3.8) is 0 Å². The highest BCUT2D eigenvalue weighted by molar-refractivity contribution is 9.11. The van der Waals surface area contributed by atoms with E-state index in [9.17, 15) is 5.11 Å². The van der Waals surface area contributed by atoms with E-state index in [2.05, 4.69) is 29.8 Å². The van der Waals surface area contributed by atoms with E-state index in [0.29, 0.717) is 12.5 Å². The molecule has 0 amide bonds. The molecule has 0 saturated heterocycles. The maximum absolute atomic E-state index is 10.1. The van der Waals surface area contributed by atoms with Crippen LogP contribution in [0.15, 0.2) is 15.9 Å². The van der Waals surface area contributed by atoms with Crippen molar-refractivity contribution >= 4 is 27.3 Å². The van der Waals surface area contributed by atoms with Crippen LogP contribution in [0.1, 0.15) is 24.8 Å². The van der Waals surface area contributed by atoms with E-state index in [1.807, 2.05) is 12.1 Å². The molecule has 1 aromatic heterocycles. The molecule has 1 heterocycles. The van der Waals surface area contributed by atoms with Crippen molar-refractivity contribution in [3.05, 3.63) is 20.8 Å². The molecule has 0 bridgehead atoms. The fourth-order valence-electron chi connectivity index (χ4n) is 1.46. The maximum atomic E-state index is 10.1. The number of rotatable bonds is 4. The van der Waals surface area contributed by atoms with Gasteiger partial charge in [-0.1, -0.05) is 13.8 Å². The molecular weight excluding hydrogens is 262 g/mol. The molecule has 0 fully saturated rings. The quantitative estimate of drug-likeness (QED) is 0.889. The molecule has 2 atom stereocenters. The molecule has 80 valence electrons. The van der Waals surface area contributed by atoms with E-state index < -0.39 is 6.10 Å². The Morgan fingerprint density at radius 3 is 2.50 bits per heavy atom. The largest absolute Gasteiger partial charge is 0.387 e. The highest BCUT2D eigenvalue weighted by Gasteiger charge is 2.23. The molecule has 0 spiro atoms. The lowest BCUT2D eigenvalue weighted by molar-refractivity contribution is 0.0892. The van der Waals surface area contributed by atoms with Crippen molar-refractivity contribution in [1.82, 2.24) is 0 Å². The number of halogens is 1. The smallest absolute Gasteiger partial charge is 0.0924 e. The zero-order valence-corrected chi connectivity index (χ0v) is 10.8. The van der Waals surface area contributed by atoms with Crippen LogP contribution < -0.4 is 5.73 Å². The van der Waals surface area contributed by atoms with E-state index >= 15 is 0 Å². The molecule has 0 saturated carbocycles. The van der Waals surface area contributed by atoms with Crippen molar-refractivity contribution < 1.29 is 5.11 Å². The Bertz CT molecular complexity index is 287. The third-order valence-electron chi connectivity index (χ3n) is 2.42. The first-order valence-electron chi connectivity index (χ1n) is 4.69. The molecule has 0 aromatic carbocycles. The number of aliphatic hydroxyl groups excluding tert-OH is 1. The lowest BCUT2D eigenvalue weighted by Gasteiger charge is -2.23. The van der Waals surface area contributed by atoms with Crippen LogP contribution in [-0.2, 0) is 0 Å². The Morgan fingerprint density at radius 1 is 1.50 bits per heavy atom. The highest BCUT2D eigenvalue weighted by Crippen LogP contribution is 2.33. The molecule has 0 aliphatic carbocycles. The first-order chi connectivity index (χ1) is 6.56. The molecule has 0 radical (unpaired) electrons. The van der Waals surface area contributed by atoms with Crippen LogP contribution in [0.4, 0.5) is 0 Å². The maximum Gasteiger partial charge on any atom is 0.0924 e. The van der Waals surface area contributed by atoms with Gasteiger partial charge in [0.25, 0.3) is 0 Å². The first-order valence-corrected chi connectivity index (χ1v) is 6.30. The molecule has 1 aromatic rings. The summed E-state index contributed by atoms with van der Waals surface area (Å²) in [6.07, 6.45) is -0.434. The van der Waals surface area contributed by atoms with Crippen molar-refractivity contribution in [2.24, 2.45) is 17.6 Å². The summed E-state index contributed by atoms with van der Waals surface area (Å²) in [7, 11) is 0. The highest BCUT2D eigenvalue weighted by atomic mass is 79.9. The van der Waals surface area contributed by atoms with Gasteiger partial charge in [-0.2, -0.15) is 0 Å². The van der Waals surface area contributed by atoms with Crippen molar-refractivity contribution in [3.8, 4) is 0 Å².